The fourth-order valence-corrected chi connectivity index (χ4v) is 2.22. The Hall–Kier alpha value is -2.48. The molecule has 1 amide bonds. The minimum Gasteiger partial charge on any atom is -0.508 e. The summed E-state index contributed by atoms with van der Waals surface area (Å²) >= 11 is 1.46. The van der Waals surface area contributed by atoms with Gasteiger partial charge in [0.25, 0.3) is 11.6 Å². The molecule has 0 spiro atoms. The molecule has 8 heteroatoms. The zero-order chi connectivity index (χ0) is 14.5. The zero-order valence-electron chi connectivity index (χ0n) is 10.3. The molecular formula is C12H11N3O4S. The molecule has 1 aromatic carbocycles. The second-order valence-electron chi connectivity index (χ2n) is 3.94. The Kier molecular flexibility index (Phi) is 4.26. The van der Waals surface area contributed by atoms with Crippen molar-refractivity contribution in [1.82, 2.24) is 10.3 Å². The van der Waals surface area contributed by atoms with Crippen molar-refractivity contribution in [2.75, 3.05) is 6.54 Å². The first kappa shape index (κ1) is 13.9. The smallest absolute Gasteiger partial charge is 0.282 e. The summed E-state index contributed by atoms with van der Waals surface area (Å²) in [6.07, 6.45) is 0.544. The topological polar surface area (TPSA) is 105 Å². The predicted molar refractivity (Wildman–Crippen MR) is 72.9 cm³/mol. The third-order valence-corrected chi connectivity index (χ3v) is 3.21. The van der Waals surface area contributed by atoms with Crippen molar-refractivity contribution in [3.63, 3.8) is 0 Å². The zero-order valence-corrected chi connectivity index (χ0v) is 11.1. The van der Waals surface area contributed by atoms with E-state index in [1.807, 2.05) is 5.38 Å². The Bertz CT molecular complexity index is 628. The SMILES string of the molecule is O=C(NCCc1cscn1)c1cc(O)ccc1[N+](=O)[O-]. The molecule has 0 fully saturated rings. The van der Waals surface area contributed by atoms with Gasteiger partial charge in [-0.2, -0.15) is 0 Å². The Morgan fingerprint density at radius 1 is 1.50 bits per heavy atom. The molecule has 2 N–H and O–H groups in total. The molecule has 7 nitrogen and oxygen atoms in total. The molecule has 1 aromatic heterocycles. The van der Waals surface area contributed by atoms with Crippen molar-refractivity contribution in [1.29, 1.82) is 0 Å². The number of nitro benzene ring substituents is 1. The van der Waals surface area contributed by atoms with Crippen LogP contribution in [0.2, 0.25) is 0 Å². The summed E-state index contributed by atoms with van der Waals surface area (Å²) in [5.74, 6) is -0.789. The van der Waals surface area contributed by atoms with Crippen LogP contribution in [0.15, 0.2) is 29.1 Å². The fraction of sp³-hybridized carbons (Fsp3) is 0.167. The highest BCUT2D eigenvalue weighted by Crippen LogP contribution is 2.23. The second kappa shape index (κ2) is 6.11. The minimum absolute atomic E-state index is 0.159. The van der Waals surface area contributed by atoms with Gasteiger partial charge in [0, 0.05) is 24.4 Å². The van der Waals surface area contributed by atoms with Gasteiger partial charge in [0.05, 0.1) is 16.1 Å². The molecule has 2 rings (SSSR count). The molecule has 0 saturated carbocycles. The highest BCUT2D eigenvalue weighted by atomic mass is 32.1. The van der Waals surface area contributed by atoms with E-state index in [0.717, 1.165) is 17.8 Å². The van der Waals surface area contributed by atoms with Crippen molar-refractivity contribution in [3.8, 4) is 5.75 Å². The average molecular weight is 293 g/mol. The lowest BCUT2D eigenvalue weighted by molar-refractivity contribution is -0.385. The van der Waals surface area contributed by atoms with Gasteiger partial charge in [0.1, 0.15) is 11.3 Å². The van der Waals surface area contributed by atoms with Crippen LogP contribution in [0.5, 0.6) is 5.75 Å². The van der Waals surface area contributed by atoms with Crippen molar-refractivity contribution in [2.45, 2.75) is 6.42 Å². The first-order chi connectivity index (χ1) is 9.58. The van der Waals surface area contributed by atoms with E-state index in [2.05, 4.69) is 10.3 Å². The Morgan fingerprint density at radius 3 is 2.95 bits per heavy atom. The number of nitro groups is 1. The molecule has 2 aromatic rings. The number of phenols is 1. The molecule has 0 aliphatic carbocycles. The predicted octanol–water partition coefficient (Wildman–Crippen LogP) is 1.73. The van der Waals surface area contributed by atoms with Crippen LogP contribution in [0.1, 0.15) is 16.1 Å². The number of thiazole rings is 1. The number of nitrogens with one attached hydrogen (secondary N) is 1. The summed E-state index contributed by atoms with van der Waals surface area (Å²) in [5.41, 5.74) is 2.04. The van der Waals surface area contributed by atoms with Gasteiger partial charge < -0.3 is 10.4 Å². The lowest BCUT2D eigenvalue weighted by Gasteiger charge is -2.05. The van der Waals surface area contributed by atoms with Gasteiger partial charge in [-0.3, -0.25) is 14.9 Å². The number of amides is 1. The Morgan fingerprint density at radius 2 is 2.30 bits per heavy atom. The standard InChI is InChI=1S/C12H11N3O4S/c16-9-1-2-11(15(18)19)10(5-9)12(17)13-4-3-8-6-20-7-14-8/h1-2,5-7,16H,3-4H2,(H,13,17). The number of nitrogens with zero attached hydrogens (tertiary/aromatic N) is 2. The number of carbonyl (C=O) groups is 1. The number of carbonyl (C=O) groups excluding carboxylic acids is 1. The van der Waals surface area contributed by atoms with Crippen LogP contribution < -0.4 is 5.32 Å². The normalized spacial score (nSPS) is 10.2. The molecule has 1 heterocycles. The summed E-state index contributed by atoms with van der Waals surface area (Å²) < 4.78 is 0. The van der Waals surface area contributed by atoms with Gasteiger partial charge in [-0.25, -0.2) is 4.98 Å². The molecule has 20 heavy (non-hydrogen) atoms. The van der Waals surface area contributed by atoms with E-state index >= 15 is 0 Å². The third-order valence-electron chi connectivity index (χ3n) is 2.57. The molecule has 0 aliphatic heterocycles. The molecule has 0 radical (unpaired) electrons. The number of rotatable bonds is 5. The maximum Gasteiger partial charge on any atom is 0.282 e. The summed E-state index contributed by atoms with van der Waals surface area (Å²) in [7, 11) is 0. The van der Waals surface area contributed by atoms with Crippen LogP contribution >= 0.6 is 11.3 Å². The average Bonchev–Trinajstić information content (AvgIpc) is 2.91. The van der Waals surface area contributed by atoms with Gasteiger partial charge >= 0.3 is 0 Å². The minimum atomic E-state index is -0.658. The number of hydrogen-bond acceptors (Lipinski definition) is 6. The van der Waals surface area contributed by atoms with Crippen LogP contribution in [0.25, 0.3) is 0 Å². The molecule has 0 unspecified atom stereocenters. The molecule has 0 aliphatic rings. The van der Waals surface area contributed by atoms with Crippen LogP contribution in [0.4, 0.5) is 5.69 Å². The molecule has 0 atom stereocenters. The van der Waals surface area contributed by atoms with Crippen molar-refractivity contribution in [2.24, 2.45) is 0 Å². The fourth-order valence-electron chi connectivity index (χ4n) is 1.63. The number of hydrogen-bond donors (Lipinski definition) is 2. The number of benzene rings is 1. The van der Waals surface area contributed by atoms with E-state index in [-0.39, 0.29) is 17.0 Å². The lowest BCUT2D eigenvalue weighted by atomic mass is 10.1. The van der Waals surface area contributed by atoms with Crippen molar-refractivity contribution in [3.05, 3.63) is 50.5 Å². The van der Waals surface area contributed by atoms with Gasteiger partial charge in [-0.05, 0) is 12.1 Å². The lowest BCUT2D eigenvalue weighted by Crippen LogP contribution is -2.26. The van der Waals surface area contributed by atoms with E-state index in [4.69, 9.17) is 0 Å². The van der Waals surface area contributed by atoms with E-state index < -0.39 is 10.8 Å². The summed E-state index contributed by atoms with van der Waals surface area (Å²) in [4.78, 5) is 26.1. The monoisotopic (exact) mass is 293 g/mol. The number of aromatic nitrogens is 1. The number of phenolic OH excluding ortho intramolecular Hbond substituents is 1. The van der Waals surface area contributed by atoms with Crippen LogP contribution in [0, 0.1) is 10.1 Å². The van der Waals surface area contributed by atoms with E-state index in [1.165, 1.54) is 17.4 Å². The first-order valence-electron chi connectivity index (χ1n) is 5.70. The molecule has 0 bridgehead atoms. The summed E-state index contributed by atoms with van der Waals surface area (Å²) in [5, 5.41) is 24.6. The van der Waals surface area contributed by atoms with E-state index in [1.54, 1.807) is 5.51 Å². The van der Waals surface area contributed by atoms with Gasteiger partial charge in [-0.1, -0.05) is 0 Å². The summed E-state index contributed by atoms with van der Waals surface area (Å²) in [6.45, 7) is 0.315. The largest absolute Gasteiger partial charge is 0.508 e. The number of aromatic hydroxyl groups is 1. The van der Waals surface area contributed by atoms with Gasteiger partial charge in [0.2, 0.25) is 0 Å². The van der Waals surface area contributed by atoms with Gasteiger partial charge in [-0.15, -0.1) is 11.3 Å². The van der Waals surface area contributed by atoms with Crippen LogP contribution in [-0.2, 0) is 6.42 Å². The highest BCUT2D eigenvalue weighted by molar-refractivity contribution is 7.07. The quantitative estimate of drug-likeness (QED) is 0.645. The first-order valence-corrected chi connectivity index (χ1v) is 6.65. The maximum atomic E-state index is 11.9. The molecule has 0 saturated heterocycles. The van der Waals surface area contributed by atoms with Crippen LogP contribution in [0.3, 0.4) is 0 Å². The highest BCUT2D eigenvalue weighted by Gasteiger charge is 2.20. The van der Waals surface area contributed by atoms with Crippen molar-refractivity contribution >= 4 is 22.9 Å². The summed E-state index contributed by atoms with van der Waals surface area (Å²) in [6, 6.07) is 3.35. The van der Waals surface area contributed by atoms with Gasteiger partial charge in [0.15, 0.2) is 0 Å². The van der Waals surface area contributed by atoms with Crippen LogP contribution in [-0.4, -0.2) is 27.5 Å². The molecule has 104 valence electrons. The third kappa shape index (κ3) is 3.29. The van der Waals surface area contributed by atoms with Crippen molar-refractivity contribution < 1.29 is 14.8 Å². The maximum absolute atomic E-state index is 11.9. The van der Waals surface area contributed by atoms with E-state index in [9.17, 15) is 20.0 Å². The Balaban J connectivity index is 2.05. The van der Waals surface area contributed by atoms with E-state index in [0.29, 0.717) is 13.0 Å². The second-order valence-corrected chi connectivity index (χ2v) is 4.66. The molecular weight excluding hydrogens is 282 g/mol. The Labute approximate surface area is 118 Å².